The Balaban J connectivity index is 1.36. The third-order valence-electron chi connectivity index (χ3n) is 7.26. The summed E-state index contributed by atoms with van der Waals surface area (Å²) in [5.74, 6) is 1.70. The molecule has 1 amide bonds. The lowest BCUT2D eigenvalue weighted by Crippen LogP contribution is -2.42. The molecule has 1 aromatic heterocycles. The zero-order valence-electron chi connectivity index (χ0n) is 21.3. The Morgan fingerprint density at radius 3 is 2.54 bits per heavy atom. The van der Waals surface area contributed by atoms with Crippen LogP contribution in [0.3, 0.4) is 0 Å². The summed E-state index contributed by atoms with van der Waals surface area (Å²) in [6, 6.07) is 11.9. The van der Waals surface area contributed by atoms with Crippen LogP contribution in [-0.4, -0.2) is 53.1 Å². The van der Waals surface area contributed by atoms with Crippen molar-refractivity contribution in [2.24, 2.45) is 0 Å². The van der Waals surface area contributed by atoms with Crippen LogP contribution in [0.4, 0.5) is 5.69 Å². The molecule has 2 aromatic carbocycles. The molecular formula is C27H33N5O4S. The van der Waals surface area contributed by atoms with E-state index in [1.807, 2.05) is 31.2 Å². The highest BCUT2D eigenvalue weighted by molar-refractivity contribution is 7.89. The Bertz CT molecular complexity index is 1380. The number of carbonyl (C=O) groups excluding carboxylic acids is 1. The van der Waals surface area contributed by atoms with Gasteiger partial charge in [0.25, 0.3) is 5.91 Å². The smallest absolute Gasteiger partial charge is 0.255 e. The van der Waals surface area contributed by atoms with E-state index in [0.717, 1.165) is 62.3 Å². The standard InChI is InChI=1S/C27H33N5O4S/c1-19-8-5-7-17-32(19)37(34,35)24-18-21(12-15-23(24)36-2)27(33)28-22-13-10-20(11-14-22)26-30-29-25-9-4-3-6-16-31(25)26/h10-15,18-19H,3-9,16-17H2,1-2H3,(H,28,33)/t19-/m1/s1. The van der Waals surface area contributed by atoms with Crippen molar-refractivity contribution in [2.45, 2.75) is 69.4 Å². The van der Waals surface area contributed by atoms with E-state index in [1.54, 1.807) is 6.07 Å². The van der Waals surface area contributed by atoms with Crippen LogP contribution in [-0.2, 0) is 23.0 Å². The number of ether oxygens (including phenoxy) is 1. The lowest BCUT2D eigenvalue weighted by atomic mass is 10.1. The second-order valence-corrected chi connectivity index (χ2v) is 11.6. The van der Waals surface area contributed by atoms with Crippen LogP contribution in [0.15, 0.2) is 47.4 Å². The summed E-state index contributed by atoms with van der Waals surface area (Å²) in [6.45, 7) is 3.29. The number of methoxy groups -OCH3 is 1. The highest BCUT2D eigenvalue weighted by Gasteiger charge is 2.33. The predicted octanol–water partition coefficient (Wildman–Crippen LogP) is 4.50. The Kier molecular flexibility index (Phi) is 7.30. The van der Waals surface area contributed by atoms with Crippen LogP contribution < -0.4 is 10.1 Å². The third-order valence-corrected chi connectivity index (χ3v) is 9.30. The minimum Gasteiger partial charge on any atom is -0.495 e. The molecule has 5 rings (SSSR count). The van der Waals surface area contributed by atoms with Gasteiger partial charge in [-0.1, -0.05) is 12.8 Å². The number of aromatic nitrogens is 3. The maximum atomic E-state index is 13.5. The largest absolute Gasteiger partial charge is 0.495 e. The molecule has 1 N–H and O–H groups in total. The number of hydrogen-bond donors (Lipinski definition) is 1. The average Bonchev–Trinajstić information content (AvgIpc) is 3.16. The molecule has 2 aliphatic rings. The lowest BCUT2D eigenvalue weighted by Gasteiger charge is -2.32. The molecule has 2 aliphatic heterocycles. The maximum absolute atomic E-state index is 13.5. The van der Waals surface area contributed by atoms with Gasteiger partial charge >= 0.3 is 0 Å². The normalized spacial score (nSPS) is 18.6. The quantitative estimate of drug-likeness (QED) is 0.510. The molecule has 0 saturated carbocycles. The molecule has 0 radical (unpaired) electrons. The molecule has 9 nitrogen and oxygen atoms in total. The summed E-state index contributed by atoms with van der Waals surface area (Å²) in [7, 11) is -2.38. The number of amides is 1. The second-order valence-electron chi connectivity index (χ2n) is 9.76. The highest BCUT2D eigenvalue weighted by atomic mass is 32.2. The van der Waals surface area contributed by atoms with Gasteiger partial charge in [-0.25, -0.2) is 8.42 Å². The van der Waals surface area contributed by atoms with Crippen LogP contribution in [0, 0.1) is 0 Å². The molecule has 0 aliphatic carbocycles. The summed E-state index contributed by atoms with van der Waals surface area (Å²) >= 11 is 0. The molecule has 37 heavy (non-hydrogen) atoms. The minimum atomic E-state index is -3.81. The third kappa shape index (κ3) is 5.13. The number of anilines is 1. The number of fused-ring (bicyclic) bond motifs is 1. The monoisotopic (exact) mass is 523 g/mol. The number of rotatable bonds is 6. The van der Waals surface area contributed by atoms with Crippen LogP contribution >= 0.6 is 0 Å². The van der Waals surface area contributed by atoms with Gasteiger partial charge in [0.05, 0.1) is 7.11 Å². The zero-order valence-corrected chi connectivity index (χ0v) is 22.1. The average molecular weight is 524 g/mol. The van der Waals surface area contributed by atoms with Crippen molar-refractivity contribution in [3.8, 4) is 17.1 Å². The molecule has 1 fully saturated rings. The number of benzene rings is 2. The zero-order chi connectivity index (χ0) is 26.0. The SMILES string of the molecule is COc1ccc(C(=O)Nc2ccc(-c3nnc4n3CCCCC4)cc2)cc1S(=O)(=O)N1CCCC[C@H]1C. The van der Waals surface area contributed by atoms with E-state index in [9.17, 15) is 13.2 Å². The summed E-state index contributed by atoms with van der Waals surface area (Å²) in [5.41, 5.74) is 1.79. The van der Waals surface area contributed by atoms with Crippen molar-refractivity contribution in [1.29, 1.82) is 0 Å². The minimum absolute atomic E-state index is 0.0132. The maximum Gasteiger partial charge on any atom is 0.255 e. The first-order valence-electron chi connectivity index (χ1n) is 12.9. The van der Waals surface area contributed by atoms with E-state index in [-0.39, 0.29) is 22.3 Å². The first-order chi connectivity index (χ1) is 17.9. The fourth-order valence-electron chi connectivity index (χ4n) is 5.18. The second kappa shape index (κ2) is 10.6. The summed E-state index contributed by atoms with van der Waals surface area (Å²) in [6.07, 6.45) is 7.02. The molecular weight excluding hydrogens is 490 g/mol. The van der Waals surface area contributed by atoms with Crippen molar-refractivity contribution in [1.82, 2.24) is 19.1 Å². The number of nitrogens with one attached hydrogen (secondary N) is 1. The van der Waals surface area contributed by atoms with Gasteiger partial charge in [-0.3, -0.25) is 4.79 Å². The van der Waals surface area contributed by atoms with E-state index in [1.165, 1.54) is 30.0 Å². The van der Waals surface area contributed by atoms with Crippen LogP contribution in [0.25, 0.3) is 11.4 Å². The molecule has 0 spiro atoms. The van der Waals surface area contributed by atoms with E-state index >= 15 is 0 Å². The molecule has 0 unspecified atom stereocenters. The predicted molar refractivity (Wildman–Crippen MR) is 141 cm³/mol. The topological polar surface area (TPSA) is 106 Å². The van der Waals surface area contributed by atoms with Gasteiger partial charge in [-0.05, 0) is 75.1 Å². The van der Waals surface area contributed by atoms with Crippen LogP contribution in [0.5, 0.6) is 5.75 Å². The van der Waals surface area contributed by atoms with Gasteiger partial charge in [0.15, 0.2) is 5.82 Å². The van der Waals surface area contributed by atoms with Gasteiger partial charge in [-0.15, -0.1) is 10.2 Å². The van der Waals surface area contributed by atoms with Gasteiger partial charge in [-0.2, -0.15) is 4.31 Å². The Morgan fingerprint density at radius 2 is 1.78 bits per heavy atom. The first-order valence-corrected chi connectivity index (χ1v) is 14.4. The fourth-order valence-corrected chi connectivity index (χ4v) is 7.06. The van der Waals surface area contributed by atoms with Crippen LogP contribution in [0.1, 0.15) is 61.6 Å². The Labute approximate surface area is 217 Å². The van der Waals surface area contributed by atoms with Gasteiger partial charge in [0.1, 0.15) is 16.5 Å². The summed E-state index contributed by atoms with van der Waals surface area (Å²) in [5, 5.41) is 11.6. The number of carbonyl (C=O) groups is 1. The van der Waals surface area contributed by atoms with Crippen LogP contribution in [0.2, 0.25) is 0 Å². The Hall–Kier alpha value is -3.24. The summed E-state index contributed by atoms with van der Waals surface area (Å²) in [4.78, 5) is 13.1. The number of aryl methyl sites for hydroxylation is 1. The van der Waals surface area contributed by atoms with Crippen molar-refractivity contribution in [2.75, 3.05) is 19.0 Å². The molecule has 1 atom stereocenters. The van der Waals surface area contributed by atoms with E-state index in [0.29, 0.717) is 12.2 Å². The van der Waals surface area contributed by atoms with Crippen molar-refractivity contribution < 1.29 is 17.9 Å². The van der Waals surface area contributed by atoms with Crippen molar-refractivity contribution in [3.05, 3.63) is 53.9 Å². The van der Waals surface area contributed by atoms with Crippen molar-refractivity contribution in [3.63, 3.8) is 0 Å². The van der Waals surface area contributed by atoms with Gasteiger partial charge in [0, 0.05) is 42.4 Å². The fraction of sp³-hybridized carbons (Fsp3) is 0.444. The number of piperidine rings is 1. The highest BCUT2D eigenvalue weighted by Crippen LogP contribution is 2.32. The molecule has 10 heteroatoms. The van der Waals surface area contributed by atoms with Crippen molar-refractivity contribution >= 4 is 21.6 Å². The Morgan fingerprint density at radius 1 is 1.00 bits per heavy atom. The number of hydrogen-bond acceptors (Lipinski definition) is 6. The summed E-state index contributed by atoms with van der Waals surface area (Å²) < 4.78 is 36.0. The molecule has 3 heterocycles. The molecule has 1 saturated heterocycles. The molecule has 196 valence electrons. The van der Waals surface area contributed by atoms with Gasteiger partial charge in [0.2, 0.25) is 10.0 Å². The number of nitrogens with zero attached hydrogens (tertiary/aromatic N) is 4. The lowest BCUT2D eigenvalue weighted by molar-refractivity contribution is 0.102. The van der Waals surface area contributed by atoms with E-state index in [2.05, 4.69) is 20.1 Å². The van der Waals surface area contributed by atoms with E-state index in [4.69, 9.17) is 4.74 Å². The number of sulfonamides is 1. The van der Waals surface area contributed by atoms with Gasteiger partial charge < -0.3 is 14.6 Å². The molecule has 0 bridgehead atoms. The van der Waals surface area contributed by atoms with E-state index < -0.39 is 15.9 Å². The molecule has 3 aromatic rings. The first kappa shape index (κ1) is 25.4.